The zero-order chi connectivity index (χ0) is 13.9. The van der Waals surface area contributed by atoms with E-state index in [-0.39, 0.29) is 6.61 Å². The molecule has 6 nitrogen and oxygen atoms in total. The number of esters is 1. The summed E-state index contributed by atoms with van der Waals surface area (Å²) in [6, 6.07) is 5.23. The molecule has 6 heteroatoms. The molecule has 0 spiro atoms. The first-order valence-corrected chi connectivity index (χ1v) is 5.78. The fraction of sp³-hybridized carbons (Fsp3) is 0.308. The fourth-order valence-electron chi connectivity index (χ4n) is 1.62. The summed E-state index contributed by atoms with van der Waals surface area (Å²) in [5, 5.41) is 9.28. The number of nitrogens with zero attached hydrogens (tertiary/aromatic N) is 4. The third-order valence-corrected chi connectivity index (χ3v) is 2.75. The van der Waals surface area contributed by atoms with Crippen LogP contribution in [0, 0.1) is 11.3 Å². The van der Waals surface area contributed by atoms with Gasteiger partial charge in [0.1, 0.15) is 5.52 Å². The predicted molar refractivity (Wildman–Crippen MR) is 66.9 cm³/mol. The molecule has 0 aromatic carbocycles. The second-order valence-electron chi connectivity index (χ2n) is 4.05. The van der Waals surface area contributed by atoms with Crippen molar-refractivity contribution in [3.05, 3.63) is 30.2 Å². The van der Waals surface area contributed by atoms with Gasteiger partial charge in [0, 0.05) is 12.4 Å². The zero-order valence-corrected chi connectivity index (χ0v) is 10.6. The van der Waals surface area contributed by atoms with Crippen molar-refractivity contribution in [3.8, 4) is 6.07 Å². The second-order valence-corrected chi connectivity index (χ2v) is 4.05. The Morgan fingerprint density at radius 2 is 2.16 bits per heavy atom. The molecule has 0 N–H and O–H groups in total. The molecule has 0 bridgehead atoms. The molecule has 0 saturated heterocycles. The normalized spacial score (nSPS) is 13.5. The van der Waals surface area contributed by atoms with Crippen LogP contribution in [-0.4, -0.2) is 27.5 Å². The lowest BCUT2D eigenvalue weighted by Gasteiger charge is -2.18. The zero-order valence-electron chi connectivity index (χ0n) is 10.6. The van der Waals surface area contributed by atoms with E-state index in [1.807, 2.05) is 6.07 Å². The molecule has 2 rings (SSSR count). The van der Waals surface area contributed by atoms with Crippen LogP contribution in [0.3, 0.4) is 0 Å². The number of carbonyl (C=O) groups is 1. The molecule has 19 heavy (non-hydrogen) atoms. The average molecular weight is 256 g/mol. The van der Waals surface area contributed by atoms with Crippen molar-refractivity contribution < 1.29 is 9.53 Å². The molecule has 1 unspecified atom stereocenters. The van der Waals surface area contributed by atoms with E-state index in [9.17, 15) is 10.1 Å². The number of aromatic nitrogens is 3. The molecular weight excluding hydrogens is 244 g/mol. The number of pyridine rings is 1. The van der Waals surface area contributed by atoms with Gasteiger partial charge in [-0.25, -0.2) is 14.8 Å². The summed E-state index contributed by atoms with van der Waals surface area (Å²) in [6.45, 7) is 3.38. The molecule has 0 fully saturated rings. The SMILES string of the molecule is CCOC(=O)C(C)(C#N)c1ccc2nccnc2n1. The first kappa shape index (κ1) is 12.9. The lowest BCUT2D eigenvalue weighted by atomic mass is 9.88. The molecule has 0 saturated carbocycles. The Kier molecular flexibility index (Phi) is 3.38. The summed E-state index contributed by atoms with van der Waals surface area (Å²) in [6.07, 6.45) is 3.06. The summed E-state index contributed by atoms with van der Waals surface area (Å²) in [7, 11) is 0. The van der Waals surface area contributed by atoms with E-state index in [1.165, 1.54) is 13.1 Å². The molecular formula is C13H12N4O2. The Bertz CT molecular complexity index is 665. The molecule has 2 heterocycles. The molecule has 0 aliphatic heterocycles. The minimum absolute atomic E-state index is 0.212. The lowest BCUT2D eigenvalue weighted by molar-refractivity contribution is -0.147. The topological polar surface area (TPSA) is 88.8 Å². The van der Waals surface area contributed by atoms with Gasteiger partial charge in [-0.2, -0.15) is 5.26 Å². The van der Waals surface area contributed by atoms with E-state index < -0.39 is 11.4 Å². The van der Waals surface area contributed by atoms with E-state index in [0.717, 1.165) is 0 Å². The maximum atomic E-state index is 11.9. The monoisotopic (exact) mass is 256 g/mol. The number of nitriles is 1. The number of rotatable bonds is 3. The smallest absolute Gasteiger partial charge is 0.332 e. The molecule has 96 valence electrons. The Hall–Kier alpha value is -2.55. The van der Waals surface area contributed by atoms with Crippen LogP contribution in [0.25, 0.3) is 11.2 Å². The molecule has 2 aromatic heterocycles. The lowest BCUT2D eigenvalue weighted by Crippen LogP contribution is -2.33. The van der Waals surface area contributed by atoms with Gasteiger partial charge in [0.25, 0.3) is 0 Å². The van der Waals surface area contributed by atoms with E-state index in [0.29, 0.717) is 16.9 Å². The van der Waals surface area contributed by atoms with Gasteiger partial charge < -0.3 is 4.74 Å². The Morgan fingerprint density at radius 3 is 2.84 bits per heavy atom. The Morgan fingerprint density at radius 1 is 1.42 bits per heavy atom. The summed E-state index contributed by atoms with van der Waals surface area (Å²) in [4.78, 5) is 24.3. The van der Waals surface area contributed by atoms with Crippen LogP contribution in [-0.2, 0) is 14.9 Å². The number of hydrogen-bond acceptors (Lipinski definition) is 6. The molecule has 0 radical (unpaired) electrons. The Balaban J connectivity index is 2.52. The van der Waals surface area contributed by atoms with Crippen LogP contribution in [0.4, 0.5) is 0 Å². The molecule has 0 amide bonds. The fourth-order valence-corrected chi connectivity index (χ4v) is 1.62. The van der Waals surface area contributed by atoms with E-state index in [1.54, 1.807) is 25.3 Å². The van der Waals surface area contributed by atoms with Crippen LogP contribution < -0.4 is 0 Å². The quantitative estimate of drug-likeness (QED) is 0.770. The first-order valence-electron chi connectivity index (χ1n) is 5.78. The number of ether oxygens (including phenoxy) is 1. The molecule has 0 aliphatic carbocycles. The highest BCUT2D eigenvalue weighted by Gasteiger charge is 2.38. The highest BCUT2D eigenvalue weighted by atomic mass is 16.5. The summed E-state index contributed by atoms with van der Waals surface area (Å²) in [5.74, 6) is -0.617. The van der Waals surface area contributed by atoms with Crippen molar-refractivity contribution in [1.29, 1.82) is 5.26 Å². The average Bonchev–Trinajstić information content (AvgIpc) is 2.46. The van der Waals surface area contributed by atoms with Crippen molar-refractivity contribution in [2.24, 2.45) is 0 Å². The summed E-state index contributed by atoms with van der Waals surface area (Å²) < 4.78 is 4.93. The molecule has 0 aliphatic rings. The third kappa shape index (κ3) is 2.22. The number of carbonyl (C=O) groups excluding carboxylic acids is 1. The highest BCUT2D eigenvalue weighted by Crippen LogP contribution is 2.24. The van der Waals surface area contributed by atoms with Crippen molar-refractivity contribution in [1.82, 2.24) is 15.0 Å². The van der Waals surface area contributed by atoms with Crippen LogP contribution >= 0.6 is 0 Å². The van der Waals surface area contributed by atoms with Crippen LogP contribution in [0.2, 0.25) is 0 Å². The Labute approximate surface area is 110 Å². The molecule has 2 aromatic rings. The maximum absolute atomic E-state index is 11.9. The van der Waals surface area contributed by atoms with Gasteiger partial charge in [0.2, 0.25) is 0 Å². The van der Waals surface area contributed by atoms with Gasteiger partial charge >= 0.3 is 5.97 Å². The van der Waals surface area contributed by atoms with E-state index in [2.05, 4.69) is 15.0 Å². The largest absolute Gasteiger partial charge is 0.465 e. The van der Waals surface area contributed by atoms with Crippen molar-refractivity contribution in [3.63, 3.8) is 0 Å². The maximum Gasteiger partial charge on any atom is 0.332 e. The van der Waals surface area contributed by atoms with Gasteiger partial charge in [-0.05, 0) is 26.0 Å². The van der Waals surface area contributed by atoms with Crippen molar-refractivity contribution in [2.45, 2.75) is 19.3 Å². The van der Waals surface area contributed by atoms with Crippen molar-refractivity contribution >= 4 is 17.1 Å². The first-order chi connectivity index (χ1) is 9.11. The van der Waals surface area contributed by atoms with Gasteiger partial charge in [-0.15, -0.1) is 0 Å². The van der Waals surface area contributed by atoms with Gasteiger partial charge in [0.15, 0.2) is 11.1 Å². The summed E-state index contributed by atoms with van der Waals surface area (Å²) >= 11 is 0. The van der Waals surface area contributed by atoms with Crippen molar-refractivity contribution in [2.75, 3.05) is 6.61 Å². The number of fused-ring (bicyclic) bond motifs is 1. The number of hydrogen-bond donors (Lipinski definition) is 0. The highest BCUT2D eigenvalue weighted by molar-refractivity contribution is 5.86. The second kappa shape index (κ2) is 4.98. The van der Waals surface area contributed by atoms with E-state index in [4.69, 9.17) is 4.74 Å². The van der Waals surface area contributed by atoms with Gasteiger partial charge in [0.05, 0.1) is 18.4 Å². The van der Waals surface area contributed by atoms with E-state index >= 15 is 0 Å². The minimum atomic E-state index is -1.44. The van der Waals surface area contributed by atoms with Crippen LogP contribution in [0.15, 0.2) is 24.5 Å². The minimum Gasteiger partial charge on any atom is -0.465 e. The van der Waals surface area contributed by atoms with Gasteiger partial charge in [-0.1, -0.05) is 0 Å². The van der Waals surface area contributed by atoms with Crippen LogP contribution in [0.1, 0.15) is 19.5 Å². The standard InChI is InChI=1S/C13H12N4O2/c1-3-19-12(18)13(2,8-14)10-5-4-9-11(17-10)16-7-6-15-9/h4-7H,3H2,1-2H3. The predicted octanol–water partition coefficient (Wildman–Crippen LogP) is 1.37. The van der Waals surface area contributed by atoms with Gasteiger partial charge in [-0.3, -0.25) is 4.98 Å². The summed E-state index contributed by atoms with van der Waals surface area (Å²) in [5.41, 5.74) is -0.135. The third-order valence-electron chi connectivity index (χ3n) is 2.75. The van der Waals surface area contributed by atoms with Crippen LogP contribution in [0.5, 0.6) is 0 Å². The molecule has 1 atom stereocenters.